The van der Waals surface area contributed by atoms with Crippen molar-refractivity contribution in [2.45, 2.75) is 66.2 Å². The molecule has 0 heteroatoms. The summed E-state index contributed by atoms with van der Waals surface area (Å²) >= 11 is 0. The van der Waals surface area contributed by atoms with Crippen LogP contribution in [-0.2, 0) is 0 Å². The molecule has 0 aliphatic rings. The van der Waals surface area contributed by atoms with Gasteiger partial charge in [0.15, 0.2) is 0 Å². The molecule has 0 heterocycles. The molecule has 0 atom stereocenters. The van der Waals surface area contributed by atoms with Crippen molar-refractivity contribution in [1.82, 2.24) is 0 Å². The summed E-state index contributed by atoms with van der Waals surface area (Å²) in [5.41, 5.74) is 3.01. The van der Waals surface area contributed by atoms with Crippen molar-refractivity contribution in [3.63, 3.8) is 0 Å². The monoisotopic (exact) mass is 194 g/mol. The van der Waals surface area contributed by atoms with Crippen molar-refractivity contribution >= 4 is 0 Å². The highest BCUT2D eigenvalue weighted by atomic mass is 14.0. The van der Waals surface area contributed by atoms with Gasteiger partial charge in [0.2, 0.25) is 0 Å². The van der Waals surface area contributed by atoms with Crippen LogP contribution in [0.25, 0.3) is 0 Å². The van der Waals surface area contributed by atoms with E-state index in [0.29, 0.717) is 0 Å². The largest absolute Gasteiger partial charge is 0.0859 e. The molecule has 0 aromatic heterocycles. The molecule has 82 valence electrons. The van der Waals surface area contributed by atoms with Crippen LogP contribution in [0.3, 0.4) is 0 Å². The van der Waals surface area contributed by atoms with E-state index < -0.39 is 0 Å². The summed E-state index contributed by atoms with van der Waals surface area (Å²) in [4.78, 5) is 0. The van der Waals surface area contributed by atoms with Gasteiger partial charge in [-0.2, -0.15) is 0 Å². The molecule has 14 heavy (non-hydrogen) atoms. The van der Waals surface area contributed by atoms with Gasteiger partial charge in [0.25, 0.3) is 0 Å². The molecule has 0 aliphatic carbocycles. The topological polar surface area (TPSA) is 0 Å². The molecule has 0 bridgehead atoms. The molecule has 0 saturated heterocycles. The van der Waals surface area contributed by atoms with Gasteiger partial charge in [-0.05, 0) is 46.5 Å². The van der Waals surface area contributed by atoms with Crippen LogP contribution in [0.4, 0.5) is 0 Å². The normalized spacial score (nSPS) is 11.6. The van der Waals surface area contributed by atoms with E-state index in [1.54, 1.807) is 5.57 Å². The first kappa shape index (κ1) is 13.5. The first-order valence-electron chi connectivity index (χ1n) is 5.95. The highest BCUT2D eigenvalue weighted by Crippen LogP contribution is 2.10. The Morgan fingerprint density at radius 1 is 0.929 bits per heavy atom. The van der Waals surface area contributed by atoms with Crippen molar-refractivity contribution in [2.24, 2.45) is 0 Å². The number of hydrogen-bond donors (Lipinski definition) is 0. The quantitative estimate of drug-likeness (QED) is 0.383. The molecule has 0 fully saturated rings. The summed E-state index contributed by atoms with van der Waals surface area (Å²) < 4.78 is 0. The SMILES string of the molecule is CCCCC=C(C)CCCC=C(C)C. The third-order valence-corrected chi connectivity index (χ3v) is 2.38. The minimum atomic E-state index is 1.24. The van der Waals surface area contributed by atoms with E-state index in [2.05, 4.69) is 39.8 Å². The highest BCUT2D eigenvalue weighted by Gasteiger charge is 1.89. The molecule has 0 radical (unpaired) electrons. The first-order valence-corrected chi connectivity index (χ1v) is 5.95. The predicted molar refractivity (Wildman–Crippen MR) is 66.6 cm³/mol. The Bertz CT molecular complexity index is 180. The molecule has 0 unspecified atom stereocenters. The Morgan fingerprint density at radius 3 is 2.14 bits per heavy atom. The molecular formula is C14H26. The second-order valence-corrected chi connectivity index (χ2v) is 4.37. The maximum absolute atomic E-state index is 2.41. The van der Waals surface area contributed by atoms with Crippen LogP contribution in [0.15, 0.2) is 23.3 Å². The lowest BCUT2D eigenvalue weighted by Crippen LogP contribution is -1.79. The zero-order chi connectivity index (χ0) is 10.8. The molecule has 0 N–H and O–H groups in total. The average molecular weight is 194 g/mol. The van der Waals surface area contributed by atoms with Crippen molar-refractivity contribution in [1.29, 1.82) is 0 Å². The lowest BCUT2D eigenvalue weighted by molar-refractivity contribution is 0.788. The minimum Gasteiger partial charge on any atom is -0.0859 e. The molecule has 0 saturated carbocycles. The fourth-order valence-corrected chi connectivity index (χ4v) is 1.43. The van der Waals surface area contributed by atoms with Crippen LogP contribution in [0.5, 0.6) is 0 Å². The fraction of sp³-hybridized carbons (Fsp3) is 0.714. The third-order valence-electron chi connectivity index (χ3n) is 2.38. The van der Waals surface area contributed by atoms with Gasteiger partial charge in [-0.25, -0.2) is 0 Å². The van der Waals surface area contributed by atoms with E-state index in [0.717, 1.165) is 0 Å². The van der Waals surface area contributed by atoms with Gasteiger partial charge in [0, 0.05) is 0 Å². The predicted octanol–water partition coefficient (Wildman–Crippen LogP) is 5.26. The smallest absolute Gasteiger partial charge is 0.0320 e. The van der Waals surface area contributed by atoms with Crippen molar-refractivity contribution in [3.8, 4) is 0 Å². The van der Waals surface area contributed by atoms with Gasteiger partial charge < -0.3 is 0 Å². The summed E-state index contributed by atoms with van der Waals surface area (Å²) in [6.45, 7) is 8.85. The summed E-state index contributed by atoms with van der Waals surface area (Å²) in [5, 5.41) is 0. The van der Waals surface area contributed by atoms with Crippen LogP contribution < -0.4 is 0 Å². The van der Waals surface area contributed by atoms with Gasteiger partial charge in [0.05, 0.1) is 0 Å². The lowest BCUT2D eigenvalue weighted by atomic mass is 10.1. The maximum atomic E-state index is 2.41. The summed E-state index contributed by atoms with van der Waals surface area (Å²) in [6.07, 6.45) is 12.5. The van der Waals surface area contributed by atoms with Gasteiger partial charge in [-0.3, -0.25) is 0 Å². The van der Waals surface area contributed by atoms with Crippen molar-refractivity contribution in [3.05, 3.63) is 23.3 Å². The molecule has 0 aromatic rings. The Balaban J connectivity index is 3.48. The van der Waals surface area contributed by atoms with Gasteiger partial charge >= 0.3 is 0 Å². The van der Waals surface area contributed by atoms with E-state index in [1.807, 2.05) is 0 Å². The molecule has 0 aromatic carbocycles. The minimum absolute atomic E-state index is 1.24. The van der Waals surface area contributed by atoms with Gasteiger partial charge in [0.1, 0.15) is 0 Å². The molecule has 0 spiro atoms. The van der Waals surface area contributed by atoms with Gasteiger partial charge in [-0.15, -0.1) is 0 Å². The van der Waals surface area contributed by atoms with Crippen LogP contribution in [0.1, 0.15) is 66.2 Å². The molecular weight excluding hydrogens is 168 g/mol. The van der Waals surface area contributed by atoms with E-state index >= 15 is 0 Å². The Labute approximate surface area is 90.1 Å². The maximum Gasteiger partial charge on any atom is -0.0320 e. The number of allylic oxidation sites excluding steroid dienone is 4. The first-order chi connectivity index (χ1) is 6.66. The number of rotatable bonds is 7. The number of unbranched alkanes of at least 4 members (excludes halogenated alkanes) is 3. The van der Waals surface area contributed by atoms with Crippen LogP contribution >= 0.6 is 0 Å². The summed E-state index contributed by atoms with van der Waals surface area (Å²) in [6, 6.07) is 0. The molecule has 0 rings (SSSR count). The van der Waals surface area contributed by atoms with Crippen LogP contribution in [-0.4, -0.2) is 0 Å². The zero-order valence-corrected chi connectivity index (χ0v) is 10.4. The lowest BCUT2D eigenvalue weighted by Gasteiger charge is -1.99. The number of hydrogen-bond acceptors (Lipinski definition) is 0. The average Bonchev–Trinajstić information content (AvgIpc) is 2.13. The second-order valence-electron chi connectivity index (χ2n) is 4.37. The molecule has 0 aliphatic heterocycles. The van der Waals surface area contributed by atoms with Crippen LogP contribution in [0, 0.1) is 0 Å². The van der Waals surface area contributed by atoms with E-state index in [4.69, 9.17) is 0 Å². The van der Waals surface area contributed by atoms with Crippen LogP contribution in [0.2, 0.25) is 0 Å². The third kappa shape index (κ3) is 9.57. The van der Waals surface area contributed by atoms with E-state index in [9.17, 15) is 0 Å². The Kier molecular flexibility index (Phi) is 8.72. The summed E-state index contributed by atoms with van der Waals surface area (Å²) in [7, 11) is 0. The van der Waals surface area contributed by atoms with E-state index in [1.165, 1.54) is 44.1 Å². The Hall–Kier alpha value is -0.520. The Morgan fingerprint density at radius 2 is 1.57 bits per heavy atom. The second kappa shape index (κ2) is 9.05. The van der Waals surface area contributed by atoms with Crippen molar-refractivity contribution < 1.29 is 0 Å². The fourth-order valence-electron chi connectivity index (χ4n) is 1.43. The standard InChI is InChI=1S/C14H26/c1-5-6-7-11-14(4)12-9-8-10-13(2)3/h10-11H,5-9,12H2,1-4H3. The zero-order valence-electron chi connectivity index (χ0n) is 10.4. The van der Waals surface area contributed by atoms with Crippen molar-refractivity contribution in [2.75, 3.05) is 0 Å². The highest BCUT2D eigenvalue weighted by molar-refractivity contribution is 4.99. The van der Waals surface area contributed by atoms with E-state index in [-0.39, 0.29) is 0 Å². The molecule has 0 amide bonds. The molecule has 0 nitrogen and oxygen atoms in total. The summed E-state index contributed by atoms with van der Waals surface area (Å²) in [5.74, 6) is 0. The van der Waals surface area contributed by atoms with Gasteiger partial charge in [-0.1, -0.05) is 43.1 Å².